The third-order valence-electron chi connectivity index (χ3n) is 4.15. The fourth-order valence-corrected chi connectivity index (χ4v) is 3.19. The van der Waals surface area contributed by atoms with Crippen molar-refractivity contribution in [1.29, 1.82) is 0 Å². The predicted octanol–water partition coefficient (Wildman–Crippen LogP) is 1.88. The minimum Gasteiger partial charge on any atom is -0.479 e. The fraction of sp³-hybridized carbons (Fsp3) is 0.688. The van der Waals surface area contributed by atoms with Gasteiger partial charge in [-0.25, -0.2) is 4.79 Å². The second kappa shape index (κ2) is 6.31. The summed E-state index contributed by atoms with van der Waals surface area (Å²) in [5.41, 5.74) is 0.798. The summed E-state index contributed by atoms with van der Waals surface area (Å²) in [6.07, 6.45) is -0.415. The number of carboxylic acids is 1. The van der Waals surface area contributed by atoms with Crippen molar-refractivity contribution < 1.29 is 24.0 Å². The maximum absolute atomic E-state index is 13.0. The number of morpholine rings is 1. The molecular weight excluding hydrogens is 300 g/mol. The summed E-state index contributed by atoms with van der Waals surface area (Å²) in [5, 5.41) is 13.2. The van der Waals surface area contributed by atoms with Crippen molar-refractivity contribution in [2.45, 2.75) is 58.7 Å². The standard InChI is InChI=1S/C16H24N2O5/c1-6-11(13-9(2)17-23-10(13)3)14(19)18-7-12(15(20)21)22-16(4,5)8-18/h11-12H,6-8H2,1-5H3,(H,20,21). The number of ether oxygens (including phenoxy) is 1. The number of carboxylic acid groups (broad SMARTS) is 1. The zero-order valence-electron chi connectivity index (χ0n) is 14.3. The van der Waals surface area contributed by atoms with E-state index in [1.165, 1.54) is 0 Å². The highest BCUT2D eigenvalue weighted by atomic mass is 16.5. The second-order valence-electron chi connectivity index (χ2n) is 6.62. The van der Waals surface area contributed by atoms with Crippen molar-refractivity contribution in [1.82, 2.24) is 10.1 Å². The van der Waals surface area contributed by atoms with Gasteiger partial charge in [0.25, 0.3) is 0 Å². The monoisotopic (exact) mass is 324 g/mol. The van der Waals surface area contributed by atoms with Crippen LogP contribution in [0, 0.1) is 13.8 Å². The Labute approximate surface area is 135 Å². The molecule has 1 saturated heterocycles. The van der Waals surface area contributed by atoms with E-state index < -0.39 is 17.7 Å². The summed E-state index contributed by atoms with van der Waals surface area (Å²) in [4.78, 5) is 25.9. The third kappa shape index (κ3) is 3.55. The van der Waals surface area contributed by atoms with Gasteiger partial charge in [0.15, 0.2) is 6.10 Å². The van der Waals surface area contributed by atoms with Crippen LogP contribution in [-0.4, -0.2) is 51.8 Å². The van der Waals surface area contributed by atoms with Crippen molar-refractivity contribution in [2.75, 3.05) is 13.1 Å². The lowest BCUT2D eigenvalue weighted by molar-refractivity contribution is -0.182. The predicted molar refractivity (Wildman–Crippen MR) is 82.2 cm³/mol. The van der Waals surface area contributed by atoms with Gasteiger partial charge in [0.2, 0.25) is 5.91 Å². The summed E-state index contributed by atoms with van der Waals surface area (Å²) in [7, 11) is 0. The number of amides is 1. The summed E-state index contributed by atoms with van der Waals surface area (Å²) < 4.78 is 10.7. The molecule has 2 atom stereocenters. The van der Waals surface area contributed by atoms with E-state index in [-0.39, 0.29) is 18.4 Å². The van der Waals surface area contributed by atoms with Crippen LogP contribution < -0.4 is 0 Å². The maximum atomic E-state index is 13.0. The van der Waals surface area contributed by atoms with Gasteiger partial charge in [-0.15, -0.1) is 0 Å². The molecule has 7 heteroatoms. The third-order valence-corrected chi connectivity index (χ3v) is 4.15. The number of rotatable bonds is 4. The van der Waals surface area contributed by atoms with Crippen LogP contribution in [0.1, 0.15) is 50.1 Å². The van der Waals surface area contributed by atoms with E-state index in [0.717, 1.165) is 5.56 Å². The molecule has 1 aromatic heterocycles. The summed E-state index contributed by atoms with van der Waals surface area (Å²) in [6.45, 7) is 9.51. The van der Waals surface area contributed by atoms with Gasteiger partial charge in [-0.3, -0.25) is 4.79 Å². The molecule has 1 fully saturated rings. The largest absolute Gasteiger partial charge is 0.479 e. The normalized spacial score (nSPS) is 22.0. The highest BCUT2D eigenvalue weighted by Crippen LogP contribution is 2.30. The lowest BCUT2D eigenvalue weighted by Crippen LogP contribution is -2.57. The van der Waals surface area contributed by atoms with Gasteiger partial charge < -0.3 is 19.3 Å². The minimum atomic E-state index is -1.05. The van der Waals surface area contributed by atoms with E-state index in [4.69, 9.17) is 9.26 Å². The van der Waals surface area contributed by atoms with Crippen LogP contribution in [-0.2, 0) is 14.3 Å². The molecule has 2 heterocycles. The summed E-state index contributed by atoms with van der Waals surface area (Å²) in [6, 6.07) is 0. The van der Waals surface area contributed by atoms with E-state index in [9.17, 15) is 14.7 Å². The van der Waals surface area contributed by atoms with Crippen LogP contribution in [0.3, 0.4) is 0 Å². The molecule has 1 aliphatic heterocycles. The van der Waals surface area contributed by atoms with Crippen LogP contribution >= 0.6 is 0 Å². The fourth-order valence-electron chi connectivity index (χ4n) is 3.19. The van der Waals surface area contributed by atoms with Crippen LogP contribution in [0.15, 0.2) is 4.52 Å². The van der Waals surface area contributed by atoms with Gasteiger partial charge in [-0.05, 0) is 34.1 Å². The van der Waals surface area contributed by atoms with Crippen molar-refractivity contribution in [2.24, 2.45) is 0 Å². The van der Waals surface area contributed by atoms with Crippen LogP contribution in [0.5, 0.6) is 0 Å². The lowest BCUT2D eigenvalue weighted by Gasteiger charge is -2.42. The number of hydrogen-bond acceptors (Lipinski definition) is 5. The van der Waals surface area contributed by atoms with E-state index in [0.29, 0.717) is 24.4 Å². The lowest BCUT2D eigenvalue weighted by atomic mass is 9.92. The van der Waals surface area contributed by atoms with Crippen LogP contribution in [0.25, 0.3) is 0 Å². The van der Waals surface area contributed by atoms with E-state index in [2.05, 4.69) is 5.16 Å². The molecule has 0 aromatic carbocycles. The zero-order chi connectivity index (χ0) is 17.4. The first-order chi connectivity index (χ1) is 10.7. The molecule has 0 spiro atoms. The highest BCUT2D eigenvalue weighted by Gasteiger charge is 2.41. The molecule has 0 aliphatic carbocycles. The molecular formula is C16H24N2O5. The minimum absolute atomic E-state index is 0.0530. The van der Waals surface area contributed by atoms with Gasteiger partial charge in [0.05, 0.1) is 23.8 Å². The number of carbonyl (C=O) groups excluding carboxylic acids is 1. The van der Waals surface area contributed by atoms with E-state index in [1.54, 1.807) is 25.7 Å². The molecule has 23 heavy (non-hydrogen) atoms. The number of aryl methyl sites for hydroxylation is 2. The Kier molecular flexibility index (Phi) is 4.79. The van der Waals surface area contributed by atoms with E-state index in [1.807, 2.05) is 13.8 Å². The van der Waals surface area contributed by atoms with E-state index >= 15 is 0 Å². The second-order valence-corrected chi connectivity index (χ2v) is 6.62. The topological polar surface area (TPSA) is 92.9 Å². The Morgan fingerprint density at radius 2 is 2.09 bits per heavy atom. The molecule has 0 bridgehead atoms. The number of nitrogens with zero attached hydrogens (tertiary/aromatic N) is 2. The van der Waals surface area contributed by atoms with Crippen molar-refractivity contribution in [3.63, 3.8) is 0 Å². The molecule has 0 radical (unpaired) electrons. The van der Waals surface area contributed by atoms with Crippen molar-refractivity contribution in [3.8, 4) is 0 Å². The first-order valence-electron chi connectivity index (χ1n) is 7.78. The molecule has 1 aliphatic rings. The number of aromatic nitrogens is 1. The highest BCUT2D eigenvalue weighted by molar-refractivity contribution is 5.85. The molecule has 0 saturated carbocycles. The average Bonchev–Trinajstić information content (AvgIpc) is 2.78. The average molecular weight is 324 g/mol. The Hall–Kier alpha value is -1.89. The Morgan fingerprint density at radius 1 is 1.43 bits per heavy atom. The Morgan fingerprint density at radius 3 is 2.57 bits per heavy atom. The van der Waals surface area contributed by atoms with Gasteiger partial charge in [0, 0.05) is 12.1 Å². The Bertz CT molecular complexity index is 588. The van der Waals surface area contributed by atoms with Gasteiger partial charge >= 0.3 is 5.97 Å². The quantitative estimate of drug-likeness (QED) is 0.909. The molecule has 1 N–H and O–H groups in total. The van der Waals surface area contributed by atoms with Gasteiger partial charge in [-0.1, -0.05) is 12.1 Å². The Balaban J connectivity index is 2.28. The van der Waals surface area contributed by atoms with Gasteiger partial charge in [-0.2, -0.15) is 0 Å². The molecule has 2 rings (SSSR count). The molecule has 2 unspecified atom stereocenters. The van der Waals surface area contributed by atoms with Crippen molar-refractivity contribution >= 4 is 11.9 Å². The smallest absolute Gasteiger partial charge is 0.334 e. The molecule has 128 valence electrons. The van der Waals surface area contributed by atoms with Crippen molar-refractivity contribution in [3.05, 3.63) is 17.0 Å². The first kappa shape index (κ1) is 17.5. The first-order valence-corrected chi connectivity index (χ1v) is 7.78. The summed E-state index contributed by atoms with van der Waals surface area (Å²) >= 11 is 0. The maximum Gasteiger partial charge on any atom is 0.334 e. The van der Waals surface area contributed by atoms with Crippen LogP contribution in [0.4, 0.5) is 0 Å². The molecule has 1 amide bonds. The number of carbonyl (C=O) groups is 2. The molecule has 7 nitrogen and oxygen atoms in total. The SMILES string of the molecule is CCC(C(=O)N1CC(C(=O)O)OC(C)(C)C1)c1c(C)noc1C. The number of aliphatic carboxylic acids is 1. The molecule has 1 aromatic rings. The zero-order valence-corrected chi connectivity index (χ0v) is 14.3. The van der Waals surface area contributed by atoms with Gasteiger partial charge in [0.1, 0.15) is 5.76 Å². The summed E-state index contributed by atoms with van der Waals surface area (Å²) in [5.74, 6) is -0.917. The van der Waals surface area contributed by atoms with Crippen LogP contribution in [0.2, 0.25) is 0 Å². The number of hydrogen-bond donors (Lipinski definition) is 1.